The highest BCUT2D eigenvalue weighted by atomic mass is 19.4. The van der Waals surface area contributed by atoms with Gasteiger partial charge in [0, 0.05) is 11.8 Å². The van der Waals surface area contributed by atoms with Gasteiger partial charge in [0.15, 0.2) is 0 Å². The number of ether oxygens (including phenoxy) is 1. The van der Waals surface area contributed by atoms with Crippen molar-refractivity contribution in [3.05, 3.63) is 95.2 Å². The molecule has 0 fully saturated rings. The van der Waals surface area contributed by atoms with Crippen LogP contribution in [-0.4, -0.2) is 18.2 Å². The van der Waals surface area contributed by atoms with E-state index < -0.39 is 23.9 Å². The molecule has 1 N–H and O–H groups in total. The summed E-state index contributed by atoms with van der Waals surface area (Å²) in [6.45, 7) is 3.73. The number of amides is 2. The van der Waals surface area contributed by atoms with Crippen LogP contribution in [0.4, 0.5) is 24.5 Å². The molecule has 0 atom stereocenters. The van der Waals surface area contributed by atoms with E-state index in [4.69, 9.17) is 0 Å². The number of nitrogens with one attached hydrogen (secondary N) is 1. The van der Waals surface area contributed by atoms with Gasteiger partial charge in [-0.15, -0.1) is 13.2 Å². The van der Waals surface area contributed by atoms with Crippen molar-refractivity contribution in [3.63, 3.8) is 0 Å². The number of anilines is 2. The average molecular weight is 452 g/mol. The molecule has 1 aliphatic heterocycles. The minimum atomic E-state index is -4.86. The molecular formula is C25H19F3N2O3. The van der Waals surface area contributed by atoms with E-state index in [9.17, 15) is 22.8 Å². The van der Waals surface area contributed by atoms with Gasteiger partial charge in [0.25, 0.3) is 11.8 Å². The van der Waals surface area contributed by atoms with Gasteiger partial charge in [-0.3, -0.25) is 9.59 Å². The van der Waals surface area contributed by atoms with Gasteiger partial charge in [-0.2, -0.15) is 0 Å². The molecule has 4 rings (SSSR count). The summed E-state index contributed by atoms with van der Waals surface area (Å²) in [5.41, 5.74) is 3.02. The van der Waals surface area contributed by atoms with Crippen LogP contribution in [0.25, 0.3) is 5.57 Å². The molecule has 0 aliphatic carbocycles. The van der Waals surface area contributed by atoms with E-state index in [1.807, 2.05) is 32.0 Å². The molecule has 1 heterocycles. The zero-order valence-electron chi connectivity index (χ0n) is 17.7. The van der Waals surface area contributed by atoms with Crippen molar-refractivity contribution in [2.24, 2.45) is 0 Å². The Balaban J connectivity index is 1.77. The molecule has 5 nitrogen and oxygen atoms in total. The van der Waals surface area contributed by atoms with E-state index in [0.29, 0.717) is 11.3 Å². The van der Waals surface area contributed by atoms with E-state index >= 15 is 0 Å². The third-order valence-corrected chi connectivity index (χ3v) is 5.02. The van der Waals surface area contributed by atoms with Crippen molar-refractivity contribution in [1.29, 1.82) is 0 Å². The van der Waals surface area contributed by atoms with Crippen LogP contribution < -0.4 is 15.0 Å². The first-order chi connectivity index (χ1) is 15.6. The highest BCUT2D eigenvalue weighted by Crippen LogP contribution is 2.35. The van der Waals surface area contributed by atoms with Crippen molar-refractivity contribution < 1.29 is 27.5 Å². The summed E-state index contributed by atoms with van der Waals surface area (Å²) in [5, 5.41) is 2.84. The van der Waals surface area contributed by atoms with Crippen LogP contribution in [0.2, 0.25) is 0 Å². The molecule has 0 aromatic heterocycles. The van der Waals surface area contributed by atoms with Gasteiger partial charge in [0.05, 0.1) is 11.3 Å². The Morgan fingerprint density at radius 1 is 0.818 bits per heavy atom. The summed E-state index contributed by atoms with van der Waals surface area (Å²) in [5.74, 6) is -1.58. The summed E-state index contributed by atoms with van der Waals surface area (Å²) in [4.78, 5) is 27.8. The van der Waals surface area contributed by atoms with E-state index in [-0.39, 0.29) is 17.0 Å². The van der Waals surface area contributed by atoms with Gasteiger partial charge in [-0.1, -0.05) is 48.0 Å². The second-order valence-corrected chi connectivity index (χ2v) is 7.60. The number of hydrogen-bond acceptors (Lipinski definition) is 4. The van der Waals surface area contributed by atoms with Crippen molar-refractivity contribution in [2.75, 3.05) is 10.2 Å². The second-order valence-electron chi connectivity index (χ2n) is 7.60. The first kappa shape index (κ1) is 22.1. The Morgan fingerprint density at radius 2 is 1.52 bits per heavy atom. The lowest BCUT2D eigenvalue weighted by atomic mass is 10.0. The van der Waals surface area contributed by atoms with Gasteiger partial charge >= 0.3 is 6.36 Å². The molecule has 33 heavy (non-hydrogen) atoms. The third-order valence-electron chi connectivity index (χ3n) is 5.02. The molecular weight excluding hydrogens is 433 g/mol. The van der Waals surface area contributed by atoms with E-state index in [1.54, 1.807) is 30.3 Å². The largest absolute Gasteiger partial charge is 0.573 e. The van der Waals surface area contributed by atoms with Crippen molar-refractivity contribution in [2.45, 2.75) is 20.2 Å². The molecule has 0 saturated heterocycles. The summed E-state index contributed by atoms with van der Waals surface area (Å²) < 4.78 is 41.8. The molecule has 168 valence electrons. The van der Waals surface area contributed by atoms with Gasteiger partial charge in [0.2, 0.25) is 0 Å². The van der Waals surface area contributed by atoms with Gasteiger partial charge in [-0.05, 0) is 49.2 Å². The molecule has 0 saturated carbocycles. The zero-order chi connectivity index (χ0) is 23.8. The fourth-order valence-corrected chi connectivity index (χ4v) is 3.55. The maximum Gasteiger partial charge on any atom is 0.573 e. The van der Waals surface area contributed by atoms with Crippen LogP contribution in [0.5, 0.6) is 5.75 Å². The summed E-state index contributed by atoms with van der Waals surface area (Å²) in [7, 11) is 0. The number of carbonyl (C=O) groups is 2. The number of carbonyl (C=O) groups excluding carboxylic acids is 2. The molecule has 8 heteroatoms. The Kier molecular flexibility index (Phi) is 5.68. The van der Waals surface area contributed by atoms with Crippen LogP contribution >= 0.6 is 0 Å². The normalized spacial score (nSPS) is 14.2. The highest BCUT2D eigenvalue weighted by Gasteiger charge is 2.40. The first-order valence-corrected chi connectivity index (χ1v) is 10.0. The number of benzene rings is 3. The fraction of sp³-hybridized carbons (Fsp3) is 0.120. The standard InChI is InChI=1S/C25H19F3N2O3/c1-15-9-11-17(12-10-15)21-22(29-18-6-4-8-20(14-18)33-25(26,27)28)24(32)30(23(21)31)19-7-3-5-16(2)13-19/h3-14,29H,1-2H3. The fourth-order valence-electron chi connectivity index (χ4n) is 3.55. The molecule has 3 aromatic carbocycles. The predicted octanol–water partition coefficient (Wildman–Crippen LogP) is 5.60. The first-order valence-electron chi connectivity index (χ1n) is 10.0. The van der Waals surface area contributed by atoms with Crippen molar-refractivity contribution in [1.82, 2.24) is 0 Å². The average Bonchev–Trinajstić information content (AvgIpc) is 2.97. The van der Waals surface area contributed by atoms with E-state index in [0.717, 1.165) is 28.2 Å². The minimum absolute atomic E-state index is 0.0329. The molecule has 0 unspecified atom stereocenters. The number of aryl methyl sites for hydroxylation is 2. The van der Waals surface area contributed by atoms with Crippen LogP contribution in [0.15, 0.2) is 78.5 Å². The monoisotopic (exact) mass is 452 g/mol. The Labute approximate surface area is 188 Å². The minimum Gasteiger partial charge on any atom is -0.406 e. The summed E-state index contributed by atoms with van der Waals surface area (Å²) in [6, 6.07) is 19.1. The lowest BCUT2D eigenvalue weighted by Gasteiger charge is -2.16. The predicted molar refractivity (Wildman–Crippen MR) is 119 cm³/mol. The number of nitrogens with zero attached hydrogens (tertiary/aromatic N) is 1. The molecule has 1 aliphatic rings. The van der Waals surface area contributed by atoms with Crippen LogP contribution in [0, 0.1) is 13.8 Å². The van der Waals surface area contributed by atoms with Crippen LogP contribution in [-0.2, 0) is 9.59 Å². The summed E-state index contributed by atoms with van der Waals surface area (Å²) >= 11 is 0. The quantitative estimate of drug-likeness (QED) is 0.512. The number of hydrogen-bond donors (Lipinski definition) is 1. The zero-order valence-corrected chi connectivity index (χ0v) is 17.7. The van der Waals surface area contributed by atoms with E-state index in [1.165, 1.54) is 12.1 Å². The third kappa shape index (κ3) is 4.74. The SMILES string of the molecule is Cc1ccc(C2=C(Nc3cccc(OC(F)(F)F)c3)C(=O)N(c3cccc(C)c3)C2=O)cc1. The number of imide groups is 1. The second kappa shape index (κ2) is 8.46. The van der Waals surface area contributed by atoms with Crippen LogP contribution in [0.3, 0.4) is 0 Å². The van der Waals surface area contributed by atoms with Crippen molar-refractivity contribution in [3.8, 4) is 5.75 Å². The maximum absolute atomic E-state index is 13.4. The molecule has 2 amide bonds. The number of halogens is 3. The maximum atomic E-state index is 13.4. The van der Waals surface area contributed by atoms with Gasteiger partial charge in [0.1, 0.15) is 11.4 Å². The molecule has 0 radical (unpaired) electrons. The number of alkyl halides is 3. The van der Waals surface area contributed by atoms with Crippen LogP contribution in [0.1, 0.15) is 16.7 Å². The lowest BCUT2D eigenvalue weighted by Crippen LogP contribution is -2.32. The van der Waals surface area contributed by atoms with Crippen molar-refractivity contribution >= 4 is 28.8 Å². The molecule has 3 aromatic rings. The van der Waals surface area contributed by atoms with Gasteiger partial charge < -0.3 is 10.1 Å². The molecule has 0 spiro atoms. The Hall–Kier alpha value is -4.07. The Morgan fingerprint density at radius 3 is 2.18 bits per heavy atom. The van der Waals surface area contributed by atoms with Gasteiger partial charge in [-0.25, -0.2) is 4.90 Å². The lowest BCUT2D eigenvalue weighted by molar-refractivity contribution is -0.274. The molecule has 0 bridgehead atoms. The number of rotatable bonds is 5. The highest BCUT2D eigenvalue weighted by molar-refractivity contribution is 6.46. The topological polar surface area (TPSA) is 58.6 Å². The smallest absolute Gasteiger partial charge is 0.406 e. The van der Waals surface area contributed by atoms with E-state index in [2.05, 4.69) is 10.1 Å². The summed E-state index contributed by atoms with van der Waals surface area (Å²) in [6.07, 6.45) is -4.86. The Bertz CT molecular complexity index is 1260.